The van der Waals surface area contributed by atoms with E-state index in [4.69, 9.17) is 4.74 Å². The van der Waals surface area contributed by atoms with Crippen molar-refractivity contribution in [3.05, 3.63) is 115 Å². The number of carbonyl (C=O) groups is 1. The van der Waals surface area contributed by atoms with Crippen LogP contribution in [0, 0.1) is 0 Å². The van der Waals surface area contributed by atoms with Crippen LogP contribution in [0.1, 0.15) is 31.0 Å². The summed E-state index contributed by atoms with van der Waals surface area (Å²) in [4.78, 5) is 31.8. The Kier molecular flexibility index (Phi) is 5.52. The summed E-state index contributed by atoms with van der Waals surface area (Å²) in [5.41, 5.74) is 2.60. The molecule has 0 spiro atoms. The van der Waals surface area contributed by atoms with Crippen LogP contribution in [0.2, 0.25) is 0 Å². The van der Waals surface area contributed by atoms with E-state index in [0.29, 0.717) is 20.6 Å². The first-order chi connectivity index (χ1) is 16.1. The average Bonchev–Trinajstić information content (AvgIpc) is 3.13. The molecule has 1 aliphatic heterocycles. The first-order valence-corrected chi connectivity index (χ1v) is 11.6. The number of hydrogen-bond acceptors (Lipinski definition) is 5. The van der Waals surface area contributed by atoms with Crippen LogP contribution < -0.4 is 14.9 Å². The van der Waals surface area contributed by atoms with Crippen molar-refractivity contribution in [2.45, 2.75) is 19.9 Å². The number of allylic oxidation sites excluding steroid dienone is 1. The molecule has 5 rings (SSSR count). The molecule has 5 nitrogen and oxygen atoms in total. The molecule has 1 aliphatic rings. The molecule has 6 heteroatoms. The van der Waals surface area contributed by atoms with E-state index < -0.39 is 12.0 Å². The zero-order chi connectivity index (χ0) is 22.9. The normalized spacial score (nSPS) is 15.9. The lowest BCUT2D eigenvalue weighted by molar-refractivity contribution is -0.139. The van der Waals surface area contributed by atoms with Crippen LogP contribution >= 0.6 is 11.3 Å². The Morgan fingerprint density at radius 3 is 2.58 bits per heavy atom. The van der Waals surface area contributed by atoms with Crippen molar-refractivity contribution in [1.29, 1.82) is 0 Å². The summed E-state index contributed by atoms with van der Waals surface area (Å²) >= 11 is 1.34. The summed E-state index contributed by atoms with van der Waals surface area (Å²) in [5.74, 6) is -0.448. The Morgan fingerprint density at radius 2 is 1.79 bits per heavy atom. The molecule has 0 unspecified atom stereocenters. The zero-order valence-corrected chi connectivity index (χ0v) is 19.1. The Hall–Kier alpha value is -3.77. The molecule has 4 aromatic rings. The molecule has 3 aromatic carbocycles. The van der Waals surface area contributed by atoms with Gasteiger partial charge in [-0.25, -0.2) is 9.79 Å². The minimum atomic E-state index is -0.587. The van der Waals surface area contributed by atoms with Gasteiger partial charge in [0.25, 0.3) is 5.56 Å². The highest BCUT2D eigenvalue weighted by Crippen LogP contribution is 2.30. The van der Waals surface area contributed by atoms with Crippen LogP contribution in [0.3, 0.4) is 0 Å². The Balaban J connectivity index is 1.75. The molecular formula is C27H22N2O3S. The van der Waals surface area contributed by atoms with Crippen molar-refractivity contribution in [2.75, 3.05) is 6.61 Å². The number of nitrogens with zero attached hydrogens (tertiary/aromatic N) is 2. The van der Waals surface area contributed by atoms with Crippen molar-refractivity contribution in [2.24, 2.45) is 4.99 Å². The number of hydrogen-bond donors (Lipinski definition) is 0. The fourth-order valence-electron chi connectivity index (χ4n) is 4.26. The lowest BCUT2D eigenvalue weighted by atomic mass is 9.96. The molecule has 0 saturated carbocycles. The van der Waals surface area contributed by atoms with Gasteiger partial charge in [-0.1, -0.05) is 84.1 Å². The van der Waals surface area contributed by atoms with E-state index in [1.54, 1.807) is 18.4 Å². The smallest absolute Gasteiger partial charge is 0.338 e. The maximum absolute atomic E-state index is 13.7. The molecular weight excluding hydrogens is 432 g/mol. The minimum absolute atomic E-state index is 0.171. The van der Waals surface area contributed by atoms with Crippen LogP contribution in [0.25, 0.3) is 16.8 Å². The van der Waals surface area contributed by atoms with E-state index in [9.17, 15) is 9.59 Å². The van der Waals surface area contributed by atoms with Crippen molar-refractivity contribution in [3.63, 3.8) is 0 Å². The highest BCUT2D eigenvalue weighted by molar-refractivity contribution is 7.07. The van der Waals surface area contributed by atoms with Gasteiger partial charge in [0.15, 0.2) is 4.80 Å². The van der Waals surface area contributed by atoms with E-state index in [-0.39, 0.29) is 12.2 Å². The van der Waals surface area contributed by atoms with Gasteiger partial charge in [-0.3, -0.25) is 9.36 Å². The molecule has 2 heterocycles. The maximum Gasteiger partial charge on any atom is 0.338 e. The summed E-state index contributed by atoms with van der Waals surface area (Å²) in [6, 6.07) is 23.1. The highest BCUT2D eigenvalue weighted by atomic mass is 32.1. The summed E-state index contributed by atoms with van der Waals surface area (Å²) < 4.78 is 7.53. The van der Waals surface area contributed by atoms with Crippen molar-refractivity contribution < 1.29 is 9.53 Å². The topological polar surface area (TPSA) is 60.7 Å². The summed E-state index contributed by atoms with van der Waals surface area (Å²) in [7, 11) is 0. The first-order valence-electron chi connectivity index (χ1n) is 10.8. The Labute approximate surface area is 194 Å². The Morgan fingerprint density at radius 1 is 1.06 bits per heavy atom. The molecule has 0 N–H and O–H groups in total. The fourth-order valence-corrected chi connectivity index (χ4v) is 5.30. The van der Waals surface area contributed by atoms with E-state index in [1.165, 1.54) is 11.3 Å². The van der Waals surface area contributed by atoms with Gasteiger partial charge < -0.3 is 4.74 Å². The lowest BCUT2D eigenvalue weighted by Crippen LogP contribution is -2.39. The second kappa shape index (κ2) is 8.64. The third-order valence-corrected chi connectivity index (χ3v) is 6.73. The van der Waals surface area contributed by atoms with Crippen LogP contribution in [0.4, 0.5) is 0 Å². The number of rotatable bonds is 4. The average molecular weight is 455 g/mol. The van der Waals surface area contributed by atoms with Gasteiger partial charge in [-0.2, -0.15) is 0 Å². The molecule has 0 fully saturated rings. The number of aromatic nitrogens is 1. The van der Waals surface area contributed by atoms with Gasteiger partial charge in [0.1, 0.15) is 0 Å². The Bertz CT molecular complexity index is 1570. The first kappa shape index (κ1) is 21.1. The lowest BCUT2D eigenvalue weighted by Gasteiger charge is -2.24. The van der Waals surface area contributed by atoms with E-state index >= 15 is 0 Å². The van der Waals surface area contributed by atoms with E-state index in [2.05, 4.69) is 17.1 Å². The monoisotopic (exact) mass is 454 g/mol. The van der Waals surface area contributed by atoms with Gasteiger partial charge in [-0.05, 0) is 41.8 Å². The van der Waals surface area contributed by atoms with Gasteiger partial charge >= 0.3 is 5.97 Å². The van der Waals surface area contributed by atoms with Crippen LogP contribution in [-0.4, -0.2) is 17.1 Å². The summed E-state index contributed by atoms with van der Waals surface area (Å²) in [6.45, 7) is 3.82. The van der Waals surface area contributed by atoms with Gasteiger partial charge in [0, 0.05) is 0 Å². The van der Waals surface area contributed by atoms with Gasteiger partial charge in [0.2, 0.25) is 0 Å². The number of fused-ring (bicyclic) bond motifs is 2. The second-order valence-electron chi connectivity index (χ2n) is 7.78. The largest absolute Gasteiger partial charge is 0.463 e. The van der Waals surface area contributed by atoms with E-state index in [1.807, 2.05) is 66.7 Å². The maximum atomic E-state index is 13.7. The zero-order valence-electron chi connectivity index (χ0n) is 18.3. The number of benzene rings is 3. The van der Waals surface area contributed by atoms with Crippen molar-refractivity contribution >= 4 is 34.2 Å². The molecule has 1 atom stereocenters. The molecule has 33 heavy (non-hydrogen) atoms. The predicted molar refractivity (Wildman–Crippen MR) is 131 cm³/mol. The summed E-state index contributed by atoms with van der Waals surface area (Å²) in [5, 5.41) is 2.19. The number of thiazole rings is 1. The van der Waals surface area contributed by atoms with Gasteiger partial charge in [0.05, 0.1) is 28.5 Å². The van der Waals surface area contributed by atoms with Crippen molar-refractivity contribution in [1.82, 2.24) is 4.57 Å². The molecule has 0 aliphatic carbocycles. The number of carbonyl (C=O) groups excluding carboxylic acids is 1. The summed E-state index contributed by atoms with van der Waals surface area (Å²) in [6.07, 6.45) is 1.91. The molecule has 1 aromatic heterocycles. The molecule has 0 amide bonds. The minimum Gasteiger partial charge on any atom is -0.463 e. The molecule has 0 radical (unpaired) electrons. The SMILES string of the molecule is CCOC(=O)C1=C(C)N=c2s/c(=C/c3cccc4ccccc34)c(=O)n2[C@H]1c1ccccc1. The van der Waals surface area contributed by atoms with Crippen LogP contribution in [0.15, 0.2) is 93.9 Å². The third kappa shape index (κ3) is 3.72. The number of ether oxygens (including phenoxy) is 1. The molecule has 164 valence electrons. The molecule has 0 bridgehead atoms. The highest BCUT2D eigenvalue weighted by Gasteiger charge is 2.33. The fraction of sp³-hybridized carbons (Fsp3) is 0.148. The second-order valence-corrected chi connectivity index (χ2v) is 8.79. The third-order valence-electron chi connectivity index (χ3n) is 5.74. The van der Waals surface area contributed by atoms with E-state index in [0.717, 1.165) is 21.9 Å². The van der Waals surface area contributed by atoms with Crippen LogP contribution in [-0.2, 0) is 9.53 Å². The van der Waals surface area contributed by atoms with Crippen molar-refractivity contribution in [3.8, 4) is 0 Å². The quantitative estimate of drug-likeness (QED) is 0.439. The number of esters is 1. The standard InChI is InChI=1S/C27H22N2O3S/c1-3-32-26(31)23-17(2)28-27-29(24(23)19-11-5-4-6-12-19)25(30)22(33-27)16-20-14-9-13-18-10-7-8-15-21(18)20/h4-16,24H,3H2,1-2H3/b22-16+/t24-/m0/s1. The van der Waals surface area contributed by atoms with Gasteiger partial charge in [-0.15, -0.1) is 0 Å². The molecule has 0 saturated heterocycles. The van der Waals surface area contributed by atoms with Crippen LogP contribution in [0.5, 0.6) is 0 Å². The predicted octanol–water partition coefficient (Wildman–Crippen LogP) is 3.95.